The summed E-state index contributed by atoms with van der Waals surface area (Å²) in [5.41, 5.74) is 6.96. The van der Waals surface area contributed by atoms with E-state index in [-0.39, 0.29) is 0 Å². The normalized spacial score (nSPS) is 10.7. The minimum atomic E-state index is -0.436. The van der Waals surface area contributed by atoms with Crippen molar-refractivity contribution in [2.24, 2.45) is 5.10 Å². The Kier molecular flexibility index (Phi) is 8.72. The monoisotopic (exact) mass is 543 g/mol. The number of benzene rings is 4. The molecule has 2 amide bonds. The van der Waals surface area contributed by atoms with Gasteiger partial charge in [0.15, 0.2) is 0 Å². The van der Waals surface area contributed by atoms with Gasteiger partial charge in [-0.2, -0.15) is 5.10 Å². The van der Waals surface area contributed by atoms with E-state index in [2.05, 4.69) is 31.8 Å². The van der Waals surface area contributed by atoms with Gasteiger partial charge in [0.25, 0.3) is 0 Å². The van der Waals surface area contributed by atoms with Crippen molar-refractivity contribution in [2.45, 2.75) is 20.1 Å². The van der Waals surface area contributed by atoms with Gasteiger partial charge in [-0.15, -0.1) is 0 Å². The highest BCUT2D eigenvalue weighted by Crippen LogP contribution is 2.33. The Hall–Kier alpha value is -4.10. The van der Waals surface area contributed by atoms with Crippen LogP contribution in [0.15, 0.2) is 107 Å². The molecule has 0 atom stereocenters. The Labute approximate surface area is 219 Å². The fourth-order valence-corrected chi connectivity index (χ4v) is 3.86. The molecule has 7 heteroatoms. The molecular weight excluding hydrogens is 518 g/mol. The van der Waals surface area contributed by atoms with Crippen molar-refractivity contribution in [2.75, 3.05) is 5.32 Å². The van der Waals surface area contributed by atoms with Crippen molar-refractivity contribution in [3.8, 4) is 11.5 Å². The minimum Gasteiger partial charge on any atom is -0.488 e. The smallest absolute Gasteiger partial charge is 0.339 e. The van der Waals surface area contributed by atoms with Crippen LogP contribution >= 0.6 is 15.9 Å². The van der Waals surface area contributed by atoms with Crippen molar-refractivity contribution < 1.29 is 14.3 Å². The van der Waals surface area contributed by atoms with Gasteiger partial charge < -0.3 is 14.8 Å². The average Bonchev–Trinajstić information content (AvgIpc) is 2.90. The molecule has 0 aliphatic heterocycles. The van der Waals surface area contributed by atoms with Crippen LogP contribution in [-0.4, -0.2) is 12.2 Å². The third-order valence-electron chi connectivity index (χ3n) is 5.30. The lowest BCUT2D eigenvalue weighted by atomic mass is 10.2. The predicted molar refractivity (Wildman–Crippen MR) is 147 cm³/mol. The third-order valence-corrected chi connectivity index (χ3v) is 5.92. The second-order valence-corrected chi connectivity index (χ2v) is 8.86. The summed E-state index contributed by atoms with van der Waals surface area (Å²) in [4.78, 5) is 12.3. The lowest BCUT2D eigenvalue weighted by Crippen LogP contribution is -2.24. The van der Waals surface area contributed by atoms with E-state index in [1.807, 2.05) is 104 Å². The number of anilines is 1. The van der Waals surface area contributed by atoms with Crippen LogP contribution in [0.1, 0.15) is 22.3 Å². The number of ether oxygens (including phenoxy) is 2. The van der Waals surface area contributed by atoms with Crippen molar-refractivity contribution >= 4 is 33.9 Å². The predicted octanol–water partition coefficient (Wildman–Crippen LogP) is 7.07. The first kappa shape index (κ1) is 25.0. The number of para-hydroxylation sites is 1. The summed E-state index contributed by atoms with van der Waals surface area (Å²) >= 11 is 3.58. The lowest BCUT2D eigenvalue weighted by Gasteiger charge is -2.14. The van der Waals surface area contributed by atoms with Crippen molar-refractivity contribution in [3.63, 3.8) is 0 Å². The zero-order valence-electron chi connectivity index (χ0n) is 19.8. The fourth-order valence-electron chi connectivity index (χ4n) is 3.38. The van der Waals surface area contributed by atoms with Crippen molar-refractivity contribution in [1.29, 1.82) is 0 Å². The van der Waals surface area contributed by atoms with E-state index in [0.29, 0.717) is 30.3 Å². The van der Waals surface area contributed by atoms with E-state index in [1.165, 1.54) is 0 Å². The number of rotatable bonds is 9. The largest absolute Gasteiger partial charge is 0.488 e. The van der Waals surface area contributed by atoms with Gasteiger partial charge in [0.2, 0.25) is 0 Å². The first-order valence-electron chi connectivity index (χ1n) is 11.4. The molecule has 2 N–H and O–H groups in total. The van der Waals surface area contributed by atoms with Gasteiger partial charge in [-0.3, -0.25) is 0 Å². The number of carbonyl (C=O) groups excluding carboxylic acids is 1. The molecule has 0 aliphatic rings. The zero-order valence-corrected chi connectivity index (χ0v) is 21.4. The molecule has 0 bridgehead atoms. The summed E-state index contributed by atoms with van der Waals surface area (Å²) in [7, 11) is 0. The molecule has 0 saturated heterocycles. The molecule has 0 fully saturated rings. The summed E-state index contributed by atoms with van der Waals surface area (Å²) in [5.74, 6) is 1.22. The molecule has 36 heavy (non-hydrogen) atoms. The van der Waals surface area contributed by atoms with E-state index in [1.54, 1.807) is 6.21 Å². The number of hydrazone groups is 1. The van der Waals surface area contributed by atoms with Crippen molar-refractivity contribution in [1.82, 2.24) is 5.43 Å². The van der Waals surface area contributed by atoms with Gasteiger partial charge in [-0.25, -0.2) is 10.2 Å². The second-order valence-electron chi connectivity index (χ2n) is 8.01. The van der Waals surface area contributed by atoms with Gasteiger partial charge >= 0.3 is 6.03 Å². The topological polar surface area (TPSA) is 72.0 Å². The van der Waals surface area contributed by atoms with Gasteiger partial charge in [0.05, 0.1) is 10.7 Å². The SMILES string of the molecule is Cc1ccccc1NC(=O)N/N=C/c1cc(Br)c(OCc2ccccc2)cc1OCc1ccccc1. The number of halogens is 1. The van der Waals surface area contributed by atoms with Crippen molar-refractivity contribution in [3.05, 3.63) is 124 Å². The van der Waals surface area contributed by atoms with Gasteiger partial charge in [0.1, 0.15) is 24.7 Å². The van der Waals surface area contributed by atoms with E-state index in [0.717, 1.165) is 26.9 Å². The maximum atomic E-state index is 12.3. The molecule has 0 radical (unpaired) electrons. The highest BCUT2D eigenvalue weighted by molar-refractivity contribution is 9.10. The van der Waals surface area contributed by atoms with E-state index in [9.17, 15) is 4.79 Å². The first-order valence-corrected chi connectivity index (χ1v) is 12.2. The van der Waals surface area contributed by atoms with E-state index < -0.39 is 6.03 Å². The number of urea groups is 1. The van der Waals surface area contributed by atoms with Gasteiger partial charge in [0, 0.05) is 17.3 Å². The molecule has 6 nitrogen and oxygen atoms in total. The molecule has 4 aromatic rings. The molecule has 0 saturated carbocycles. The Balaban J connectivity index is 1.49. The van der Waals surface area contributed by atoms with E-state index in [4.69, 9.17) is 9.47 Å². The van der Waals surface area contributed by atoms with E-state index >= 15 is 0 Å². The summed E-state index contributed by atoms with van der Waals surface area (Å²) in [6.07, 6.45) is 1.55. The average molecular weight is 544 g/mol. The van der Waals surface area contributed by atoms with Crippen LogP contribution in [0.2, 0.25) is 0 Å². The minimum absolute atomic E-state index is 0.378. The third kappa shape index (κ3) is 7.20. The van der Waals surface area contributed by atoms with Gasteiger partial charge in [-0.05, 0) is 51.7 Å². The summed E-state index contributed by atoms with van der Waals surface area (Å²) in [5, 5.41) is 6.90. The van der Waals surface area contributed by atoms with Crippen LogP contribution in [0.25, 0.3) is 0 Å². The number of aryl methyl sites for hydroxylation is 1. The van der Waals surface area contributed by atoms with Gasteiger partial charge in [-0.1, -0.05) is 78.9 Å². The molecule has 0 unspecified atom stereocenters. The van der Waals surface area contributed by atoms with Crippen LogP contribution in [0, 0.1) is 6.92 Å². The highest BCUT2D eigenvalue weighted by atomic mass is 79.9. The summed E-state index contributed by atoms with van der Waals surface area (Å²) in [6, 6.07) is 30.6. The zero-order chi connectivity index (χ0) is 25.2. The lowest BCUT2D eigenvalue weighted by molar-refractivity contribution is 0.252. The maximum absolute atomic E-state index is 12.3. The van der Waals surface area contributed by atoms with Crippen LogP contribution in [0.3, 0.4) is 0 Å². The Morgan fingerprint density at radius 1 is 0.833 bits per heavy atom. The Morgan fingerprint density at radius 2 is 1.42 bits per heavy atom. The van der Waals surface area contributed by atoms with Crippen LogP contribution < -0.4 is 20.2 Å². The number of hydrogen-bond acceptors (Lipinski definition) is 4. The second kappa shape index (κ2) is 12.6. The molecule has 182 valence electrons. The molecule has 0 spiro atoms. The highest BCUT2D eigenvalue weighted by Gasteiger charge is 2.11. The number of hydrogen-bond donors (Lipinski definition) is 2. The molecular formula is C29H26BrN3O3. The standard InChI is InChI=1S/C29H26BrN3O3/c1-21-10-8-9-15-26(21)32-29(34)33-31-18-24-16-25(30)28(36-20-23-13-6-3-7-14-23)17-27(24)35-19-22-11-4-2-5-12-22/h2-18H,19-20H2,1H3,(H2,32,33,34)/b31-18+. The molecule has 0 aromatic heterocycles. The molecule has 4 rings (SSSR count). The quantitative estimate of drug-likeness (QED) is 0.175. The van der Waals surface area contributed by atoms with Crippen LogP contribution in [0.4, 0.5) is 10.5 Å². The number of nitrogens with one attached hydrogen (secondary N) is 2. The van der Waals surface area contributed by atoms with Crippen LogP contribution in [-0.2, 0) is 13.2 Å². The Bertz CT molecular complexity index is 1330. The molecule has 0 heterocycles. The molecule has 0 aliphatic carbocycles. The summed E-state index contributed by atoms with van der Waals surface area (Å²) < 4.78 is 12.9. The molecule has 4 aromatic carbocycles. The number of nitrogens with zero attached hydrogens (tertiary/aromatic N) is 1. The number of amides is 2. The van der Waals surface area contributed by atoms with Crippen LogP contribution in [0.5, 0.6) is 11.5 Å². The summed E-state index contributed by atoms with van der Waals surface area (Å²) in [6.45, 7) is 2.72. The fraction of sp³-hybridized carbons (Fsp3) is 0.103. The maximum Gasteiger partial charge on any atom is 0.339 e. The first-order chi connectivity index (χ1) is 17.6. The Morgan fingerprint density at radius 3 is 2.06 bits per heavy atom. The number of carbonyl (C=O) groups is 1.